The highest BCUT2D eigenvalue weighted by atomic mass is 79.9. The summed E-state index contributed by atoms with van der Waals surface area (Å²) in [6, 6.07) is 2.18. The third-order valence-corrected chi connectivity index (χ3v) is 2.90. The summed E-state index contributed by atoms with van der Waals surface area (Å²) < 4.78 is 18.2. The average molecular weight is 331 g/mol. The molecule has 2 rings (SSSR count). The first-order valence-electron chi connectivity index (χ1n) is 5.21. The van der Waals surface area contributed by atoms with Crippen molar-refractivity contribution >= 4 is 27.3 Å². The first kappa shape index (κ1) is 13.4. The summed E-state index contributed by atoms with van der Waals surface area (Å²) in [5.41, 5.74) is -0.107. The zero-order valence-electron chi connectivity index (χ0n) is 9.47. The number of hydrogen-bond acceptors (Lipinski definition) is 6. The topological polar surface area (TPSA) is 94.1 Å². The normalized spacial score (nSPS) is 10.4. The van der Waals surface area contributed by atoms with Gasteiger partial charge in [0, 0.05) is 25.1 Å². The summed E-state index contributed by atoms with van der Waals surface area (Å²) >= 11 is 2.91. The van der Waals surface area contributed by atoms with Crippen molar-refractivity contribution in [2.75, 3.05) is 11.9 Å². The Hall–Kier alpha value is -2.03. The molecular formula is C10H8BrFN4O3. The van der Waals surface area contributed by atoms with Crippen LogP contribution in [0.4, 0.5) is 15.8 Å². The van der Waals surface area contributed by atoms with Crippen molar-refractivity contribution < 1.29 is 13.8 Å². The molecule has 1 aromatic carbocycles. The zero-order chi connectivity index (χ0) is 13.8. The molecule has 0 radical (unpaired) electrons. The van der Waals surface area contributed by atoms with Gasteiger partial charge in [-0.15, -0.1) is 0 Å². The van der Waals surface area contributed by atoms with Gasteiger partial charge in [0.2, 0.25) is 5.89 Å². The molecule has 1 heterocycles. The first-order chi connectivity index (χ1) is 9.08. The molecule has 2 aromatic rings. The monoisotopic (exact) mass is 330 g/mol. The average Bonchev–Trinajstić information content (AvgIpc) is 2.86. The quantitative estimate of drug-likeness (QED) is 0.668. The van der Waals surface area contributed by atoms with Gasteiger partial charge >= 0.3 is 0 Å². The largest absolute Gasteiger partial charge is 0.379 e. The molecule has 0 unspecified atom stereocenters. The van der Waals surface area contributed by atoms with E-state index in [1.54, 1.807) is 0 Å². The second-order valence-electron chi connectivity index (χ2n) is 3.55. The van der Waals surface area contributed by atoms with E-state index in [4.69, 9.17) is 4.52 Å². The van der Waals surface area contributed by atoms with E-state index in [0.29, 0.717) is 18.9 Å². The minimum Gasteiger partial charge on any atom is -0.379 e. The molecule has 1 N–H and O–H groups in total. The molecule has 0 spiro atoms. The van der Waals surface area contributed by atoms with Gasteiger partial charge in [-0.1, -0.05) is 5.16 Å². The van der Waals surface area contributed by atoms with Crippen LogP contribution in [0.1, 0.15) is 5.89 Å². The molecule has 0 aliphatic heterocycles. The number of rotatable bonds is 5. The van der Waals surface area contributed by atoms with E-state index in [0.717, 1.165) is 12.1 Å². The second-order valence-corrected chi connectivity index (χ2v) is 4.41. The number of hydrogen-bond donors (Lipinski definition) is 1. The van der Waals surface area contributed by atoms with Crippen LogP contribution in [0.15, 0.2) is 27.5 Å². The Morgan fingerprint density at radius 2 is 2.32 bits per heavy atom. The molecule has 0 saturated heterocycles. The van der Waals surface area contributed by atoms with Crippen molar-refractivity contribution in [3.05, 3.63) is 44.8 Å². The van der Waals surface area contributed by atoms with E-state index in [1.807, 2.05) is 0 Å². The summed E-state index contributed by atoms with van der Waals surface area (Å²) in [6.45, 7) is 0.310. The van der Waals surface area contributed by atoms with Gasteiger partial charge in [-0.2, -0.15) is 4.98 Å². The zero-order valence-corrected chi connectivity index (χ0v) is 11.1. The summed E-state index contributed by atoms with van der Waals surface area (Å²) in [6.07, 6.45) is 1.64. The van der Waals surface area contributed by atoms with E-state index >= 15 is 0 Å². The second kappa shape index (κ2) is 5.74. The molecule has 1 aromatic heterocycles. The highest BCUT2D eigenvalue weighted by Gasteiger charge is 2.17. The Morgan fingerprint density at radius 3 is 2.95 bits per heavy atom. The lowest BCUT2D eigenvalue weighted by atomic mass is 10.2. The fraction of sp³-hybridized carbons (Fsp3) is 0.200. The molecule has 0 saturated carbocycles. The van der Waals surface area contributed by atoms with E-state index < -0.39 is 10.7 Å². The standard InChI is InChI=1S/C10H8BrFN4O3/c11-6-3-9(16(17)18)8(4-7(6)12)13-2-1-10-14-5-15-19-10/h3-5,13H,1-2H2. The lowest BCUT2D eigenvalue weighted by Crippen LogP contribution is -2.07. The maximum absolute atomic E-state index is 13.4. The van der Waals surface area contributed by atoms with Crippen LogP contribution in [0.2, 0.25) is 0 Å². The molecule has 0 aliphatic rings. The van der Waals surface area contributed by atoms with Gasteiger partial charge in [-0.25, -0.2) is 4.39 Å². The maximum atomic E-state index is 13.4. The number of nitro benzene ring substituents is 1. The molecule has 0 atom stereocenters. The summed E-state index contributed by atoms with van der Waals surface area (Å²) in [5, 5.41) is 17.1. The number of aromatic nitrogens is 2. The lowest BCUT2D eigenvalue weighted by Gasteiger charge is -2.06. The summed E-state index contributed by atoms with van der Waals surface area (Å²) in [4.78, 5) is 14.1. The van der Waals surface area contributed by atoms with E-state index in [-0.39, 0.29) is 15.8 Å². The highest BCUT2D eigenvalue weighted by Crippen LogP contribution is 2.30. The molecule has 0 aliphatic carbocycles. The molecule has 19 heavy (non-hydrogen) atoms. The van der Waals surface area contributed by atoms with Crippen molar-refractivity contribution in [1.82, 2.24) is 10.1 Å². The molecule has 0 amide bonds. The van der Waals surface area contributed by atoms with Crippen LogP contribution < -0.4 is 5.32 Å². The van der Waals surface area contributed by atoms with Gasteiger partial charge in [0.25, 0.3) is 5.69 Å². The van der Waals surface area contributed by atoms with Crippen molar-refractivity contribution in [3.8, 4) is 0 Å². The van der Waals surface area contributed by atoms with E-state index in [1.165, 1.54) is 6.33 Å². The molecule has 0 bridgehead atoms. The Bertz CT molecular complexity index is 591. The van der Waals surface area contributed by atoms with Crippen LogP contribution in [0.25, 0.3) is 0 Å². The van der Waals surface area contributed by atoms with Gasteiger partial charge in [0.15, 0.2) is 6.33 Å². The Labute approximate surface area is 115 Å². The molecule has 9 heteroatoms. The smallest absolute Gasteiger partial charge is 0.293 e. The molecule has 0 fully saturated rings. The predicted octanol–water partition coefficient (Wildman–Crippen LogP) is 2.53. The maximum Gasteiger partial charge on any atom is 0.293 e. The van der Waals surface area contributed by atoms with Gasteiger partial charge in [-0.05, 0) is 15.9 Å². The minimum absolute atomic E-state index is 0.0432. The number of nitrogens with one attached hydrogen (secondary N) is 1. The van der Waals surface area contributed by atoms with Crippen LogP contribution in [0.3, 0.4) is 0 Å². The highest BCUT2D eigenvalue weighted by molar-refractivity contribution is 9.10. The van der Waals surface area contributed by atoms with Crippen molar-refractivity contribution in [2.24, 2.45) is 0 Å². The van der Waals surface area contributed by atoms with Crippen molar-refractivity contribution in [3.63, 3.8) is 0 Å². The third kappa shape index (κ3) is 3.25. The van der Waals surface area contributed by atoms with E-state index in [2.05, 4.69) is 31.4 Å². The number of nitro groups is 1. The minimum atomic E-state index is -0.584. The summed E-state index contributed by atoms with van der Waals surface area (Å²) in [7, 11) is 0. The number of benzene rings is 1. The van der Waals surface area contributed by atoms with Crippen molar-refractivity contribution in [1.29, 1.82) is 0 Å². The number of nitrogens with zero attached hydrogens (tertiary/aromatic N) is 3. The van der Waals surface area contributed by atoms with Crippen LogP contribution >= 0.6 is 15.9 Å². The SMILES string of the molecule is O=[N+]([O-])c1cc(Br)c(F)cc1NCCc1ncno1. The Balaban J connectivity index is 2.10. The Kier molecular flexibility index (Phi) is 4.05. The lowest BCUT2D eigenvalue weighted by molar-refractivity contribution is -0.384. The van der Waals surface area contributed by atoms with Gasteiger partial charge < -0.3 is 9.84 Å². The van der Waals surface area contributed by atoms with Gasteiger partial charge in [0.05, 0.1) is 9.40 Å². The van der Waals surface area contributed by atoms with Gasteiger partial charge in [-0.3, -0.25) is 10.1 Å². The first-order valence-corrected chi connectivity index (χ1v) is 6.00. The van der Waals surface area contributed by atoms with Crippen LogP contribution in [0.5, 0.6) is 0 Å². The van der Waals surface area contributed by atoms with E-state index in [9.17, 15) is 14.5 Å². The molecule has 7 nitrogen and oxygen atoms in total. The summed E-state index contributed by atoms with van der Waals surface area (Å²) in [5.74, 6) is -0.182. The van der Waals surface area contributed by atoms with Crippen LogP contribution in [-0.2, 0) is 6.42 Å². The van der Waals surface area contributed by atoms with Crippen molar-refractivity contribution in [2.45, 2.75) is 6.42 Å². The third-order valence-electron chi connectivity index (χ3n) is 2.30. The fourth-order valence-corrected chi connectivity index (χ4v) is 1.77. The number of anilines is 1. The Morgan fingerprint density at radius 1 is 1.53 bits per heavy atom. The fourth-order valence-electron chi connectivity index (χ4n) is 1.44. The van der Waals surface area contributed by atoms with Crippen LogP contribution in [-0.4, -0.2) is 21.6 Å². The van der Waals surface area contributed by atoms with Gasteiger partial charge in [0.1, 0.15) is 11.5 Å². The molecular weight excluding hydrogens is 323 g/mol. The van der Waals surface area contributed by atoms with Crippen LogP contribution in [0, 0.1) is 15.9 Å². The molecule has 100 valence electrons. The predicted molar refractivity (Wildman–Crippen MR) is 67.2 cm³/mol. The number of halogens is 2.